The van der Waals surface area contributed by atoms with Crippen LogP contribution in [0.4, 0.5) is 0 Å². The molecule has 0 radical (unpaired) electrons. The fraction of sp³-hybridized carbons (Fsp3) is 0.630. The molecule has 0 spiro atoms. The van der Waals surface area contributed by atoms with Crippen LogP contribution in [0.25, 0.3) is 0 Å². The molecule has 0 aromatic heterocycles. The van der Waals surface area contributed by atoms with Crippen LogP contribution in [0.5, 0.6) is 0 Å². The number of carbonyl (C=O) groups excluding carboxylic acids is 2. The Hall–Kier alpha value is -0.181. The summed E-state index contributed by atoms with van der Waals surface area (Å²) in [5.74, 6) is -14.2. The molecule has 2 atom stereocenters. The van der Waals surface area contributed by atoms with Gasteiger partial charge >= 0.3 is 165 Å². The Bertz CT molecular complexity index is 1230. The van der Waals surface area contributed by atoms with Gasteiger partial charge in [-0.2, -0.15) is 0 Å². The molecule has 29 heteroatoms. The van der Waals surface area contributed by atoms with Gasteiger partial charge in [0, 0.05) is 0 Å². The van der Waals surface area contributed by atoms with Gasteiger partial charge in [0.25, 0.3) is 0 Å². The van der Waals surface area contributed by atoms with Gasteiger partial charge in [-0.15, -0.1) is 0 Å². The summed E-state index contributed by atoms with van der Waals surface area (Å²) in [4.78, 5) is 126. The van der Waals surface area contributed by atoms with Crippen molar-refractivity contribution in [2.75, 3.05) is 0 Å². The van der Waals surface area contributed by atoms with E-state index in [1.807, 2.05) is 6.08 Å². The van der Waals surface area contributed by atoms with Gasteiger partial charge in [0.2, 0.25) is 0 Å². The molecule has 0 rings (SSSR count). The predicted octanol–water partition coefficient (Wildman–Crippen LogP) is -3.02. The Morgan fingerprint density at radius 1 is 0.589 bits per heavy atom. The fourth-order valence-corrected chi connectivity index (χ4v) is 3.51. The zero-order valence-corrected chi connectivity index (χ0v) is 30.3. The Balaban J connectivity index is -0.0000000896. The van der Waals surface area contributed by atoms with E-state index in [1.165, 1.54) is 51.4 Å². The molecule has 0 aromatic carbocycles. The standard InChI is InChI=1S/C13H24O.C8H10O8.C6H8O7.3Ca.2H3O4P.6H/c1-2-3-4-5-6-7-8-9-10-11-12-13-14;1-3(9)5(6(12)13)8(16,7(14)15)2-4(10)11;7-3(8)1-6(13,5(11)12)2-4(9)10;;;;2*1-5(2,3)4;;;;;;/h11-13H,2-10H2,1H3;5,16H,2H2,1H3,(H,10,11)(H,12,13)(H,14,15);13H,1-2H2,(H,7,8)(H,9,10)(H,11,12);;;;2*(H3,1,2,3,4);;;;;;. The fourth-order valence-electron chi connectivity index (χ4n) is 3.51. The van der Waals surface area contributed by atoms with Crippen LogP contribution >= 0.6 is 15.6 Å². The van der Waals surface area contributed by atoms with Crippen molar-refractivity contribution in [2.24, 2.45) is 5.92 Å². The van der Waals surface area contributed by atoms with Crippen molar-refractivity contribution in [3.8, 4) is 0 Å². The summed E-state index contributed by atoms with van der Waals surface area (Å²) < 4.78 is 17.8. The van der Waals surface area contributed by atoms with Crippen molar-refractivity contribution >= 4 is 177 Å². The minimum atomic E-state index is -4.64. The molecule has 0 amide bonds. The van der Waals surface area contributed by atoms with Gasteiger partial charge in [-0.25, -0.2) is 18.7 Å². The summed E-state index contributed by atoms with van der Waals surface area (Å²) in [6.07, 6.45) is 12.6. The van der Waals surface area contributed by atoms with Crippen molar-refractivity contribution in [3.63, 3.8) is 0 Å². The molecule has 0 aliphatic heterocycles. The summed E-state index contributed by atoms with van der Waals surface area (Å²) in [6, 6.07) is 0. The van der Waals surface area contributed by atoms with Crippen LogP contribution in [-0.2, 0) is 47.5 Å². The molecule has 0 fully saturated rings. The molecule has 0 aromatic rings. The van der Waals surface area contributed by atoms with Gasteiger partial charge in [0.15, 0.2) is 17.1 Å². The average Bonchev–Trinajstić information content (AvgIpc) is 2.91. The van der Waals surface area contributed by atoms with Crippen LogP contribution in [-0.4, -0.2) is 243 Å². The van der Waals surface area contributed by atoms with Crippen LogP contribution in [0, 0.1) is 5.92 Å². The Morgan fingerprint density at radius 2 is 0.911 bits per heavy atom. The molecule has 56 heavy (non-hydrogen) atoms. The SMILES string of the molecule is CC(=O)C(C(=O)O)C(O)(CC(=O)O)C(=O)O.CCCCCCCCCCC=CC=O.O=C(O)CC(O)(CC(=O)O)C(=O)O.O=P(O)(O)O.O=P(O)(O)O.[CaH2].[CaH2].[CaH2]. The number of hydrogen-bond acceptors (Lipinski definition) is 12. The molecule has 0 bridgehead atoms. The number of aliphatic carboxylic acids is 6. The number of ketones is 1. The number of carboxylic acids is 6. The van der Waals surface area contributed by atoms with Crippen molar-refractivity contribution in [3.05, 3.63) is 12.2 Å². The van der Waals surface area contributed by atoms with Gasteiger partial charge < -0.3 is 70.2 Å². The first kappa shape index (κ1) is 73.4. The second-order valence-electron chi connectivity index (χ2n) is 10.5. The van der Waals surface area contributed by atoms with Crippen LogP contribution in [0.15, 0.2) is 12.2 Å². The van der Waals surface area contributed by atoms with E-state index in [-0.39, 0.29) is 113 Å². The first-order valence-electron chi connectivity index (χ1n) is 14.8. The van der Waals surface area contributed by atoms with E-state index < -0.39 is 93.6 Å². The van der Waals surface area contributed by atoms with Gasteiger partial charge in [-0.1, -0.05) is 57.9 Å². The van der Waals surface area contributed by atoms with Crippen molar-refractivity contribution in [2.45, 2.75) is 102 Å². The third kappa shape index (κ3) is 55.9. The zero-order valence-electron chi connectivity index (χ0n) is 28.5. The molecule has 0 saturated heterocycles. The van der Waals surface area contributed by atoms with Gasteiger partial charge in [-0.05, 0) is 25.8 Å². The molecule has 322 valence electrons. The Morgan fingerprint density at radius 3 is 1.14 bits per heavy atom. The van der Waals surface area contributed by atoms with Crippen molar-refractivity contribution in [1.29, 1.82) is 0 Å². The Labute approximate surface area is 409 Å². The molecular weight excluding hydrogens is 890 g/mol. The summed E-state index contributed by atoms with van der Waals surface area (Å²) in [6.45, 7) is 3.01. The monoisotopic (exact) mass is 944 g/mol. The minimum absolute atomic E-state index is 0. The number of aldehydes is 1. The molecular formula is C27H54Ca3O24P2. The number of phosphoric acid groups is 2. The number of Topliss-reactive ketones (excluding diaryl/α,β-unsaturated/α-hetero) is 1. The predicted molar refractivity (Wildman–Crippen MR) is 200 cm³/mol. The number of rotatable bonds is 21. The number of aliphatic hydroxyl groups is 2. The van der Waals surface area contributed by atoms with Crippen molar-refractivity contribution < 1.29 is 118 Å². The van der Waals surface area contributed by atoms with Gasteiger partial charge in [0.1, 0.15) is 12.1 Å². The third-order valence-corrected chi connectivity index (χ3v) is 5.65. The molecule has 0 aliphatic carbocycles. The number of allylic oxidation sites excluding steroid dienone is 2. The van der Waals surface area contributed by atoms with E-state index in [9.17, 15) is 43.5 Å². The van der Waals surface area contributed by atoms with E-state index >= 15 is 0 Å². The van der Waals surface area contributed by atoms with Crippen LogP contribution < -0.4 is 0 Å². The topological polar surface area (TPSA) is 454 Å². The summed E-state index contributed by atoms with van der Waals surface area (Å²) in [7, 11) is -9.28. The number of hydrogen-bond donors (Lipinski definition) is 14. The molecule has 0 heterocycles. The quantitative estimate of drug-likeness (QED) is 0.0136. The second kappa shape index (κ2) is 40.2. The normalized spacial score (nSPS) is 11.9. The first-order chi connectivity index (χ1) is 23.8. The summed E-state index contributed by atoms with van der Waals surface area (Å²) in [5.41, 5.74) is -5.89. The molecule has 0 aliphatic rings. The van der Waals surface area contributed by atoms with Crippen molar-refractivity contribution in [1.82, 2.24) is 0 Å². The first-order valence-corrected chi connectivity index (χ1v) is 17.9. The molecule has 24 nitrogen and oxygen atoms in total. The van der Waals surface area contributed by atoms with Crippen LogP contribution in [0.3, 0.4) is 0 Å². The van der Waals surface area contributed by atoms with Crippen LogP contribution in [0.1, 0.15) is 90.9 Å². The van der Waals surface area contributed by atoms with E-state index in [4.69, 9.17) is 74.2 Å². The molecule has 0 saturated carbocycles. The molecule has 2 unspecified atom stereocenters. The number of unbranched alkanes of at least 4 members (excludes halogenated alkanes) is 8. The second-order valence-corrected chi connectivity index (χ2v) is 12.6. The van der Waals surface area contributed by atoms with E-state index in [2.05, 4.69) is 6.92 Å². The third-order valence-electron chi connectivity index (χ3n) is 5.65. The van der Waals surface area contributed by atoms with E-state index in [0.717, 1.165) is 19.6 Å². The summed E-state index contributed by atoms with van der Waals surface area (Å²) >= 11 is 0. The maximum atomic E-state index is 10.9. The van der Waals surface area contributed by atoms with E-state index in [1.54, 1.807) is 6.08 Å². The van der Waals surface area contributed by atoms with E-state index in [0.29, 0.717) is 0 Å². The average molecular weight is 945 g/mol. The number of carbonyl (C=O) groups is 8. The zero-order chi connectivity index (χ0) is 43.2. The Kier molecular flexibility index (Phi) is 52.7. The van der Waals surface area contributed by atoms with Crippen LogP contribution in [0.2, 0.25) is 0 Å². The van der Waals surface area contributed by atoms with Gasteiger partial charge in [0.05, 0.1) is 19.3 Å². The maximum absolute atomic E-state index is 10.9. The summed E-state index contributed by atoms with van der Waals surface area (Å²) in [5, 5.41) is 68.9. The number of carboxylic acid groups (broad SMARTS) is 6. The van der Waals surface area contributed by atoms with Gasteiger partial charge in [-0.3, -0.25) is 28.8 Å². The molecule has 14 N–H and O–H groups in total.